The van der Waals surface area contributed by atoms with E-state index in [1.807, 2.05) is 13.8 Å². The quantitative estimate of drug-likeness (QED) is 0.786. The minimum absolute atomic E-state index is 0.0456. The van der Waals surface area contributed by atoms with Crippen LogP contribution in [0.5, 0.6) is 0 Å². The molecular formula is C17H23N3O5S. The van der Waals surface area contributed by atoms with Crippen LogP contribution in [-0.4, -0.2) is 43.3 Å². The molecule has 1 atom stereocenters. The molecule has 0 radical (unpaired) electrons. The monoisotopic (exact) mass is 381 g/mol. The van der Waals surface area contributed by atoms with Crippen LogP contribution in [0.4, 0.5) is 0 Å². The van der Waals surface area contributed by atoms with Crippen LogP contribution in [0.1, 0.15) is 33.1 Å². The number of rotatable bonds is 6. The van der Waals surface area contributed by atoms with Crippen molar-refractivity contribution < 1.29 is 17.6 Å². The van der Waals surface area contributed by atoms with Gasteiger partial charge in [-0.2, -0.15) is 4.72 Å². The molecule has 1 aromatic carbocycles. The maximum Gasteiger partial charge on any atom is 0.417 e. The number of nitrogens with zero attached hydrogens (tertiary/aromatic N) is 1. The zero-order chi connectivity index (χ0) is 18.9. The Morgan fingerprint density at radius 2 is 2.00 bits per heavy atom. The van der Waals surface area contributed by atoms with Crippen LogP contribution in [0.3, 0.4) is 0 Å². The van der Waals surface area contributed by atoms with E-state index in [4.69, 9.17) is 4.42 Å². The highest BCUT2D eigenvalue weighted by molar-refractivity contribution is 7.89. The maximum absolute atomic E-state index is 12.8. The van der Waals surface area contributed by atoms with Gasteiger partial charge in [-0.15, -0.1) is 0 Å². The summed E-state index contributed by atoms with van der Waals surface area (Å²) in [6, 6.07) is 3.31. The van der Waals surface area contributed by atoms with Crippen LogP contribution < -0.4 is 10.5 Å². The highest BCUT2D eigenvalue weighted by atomic mass is 32.2. The summed E-state index contributed by atoms with van der Waals surface area (Å²) >= 11 is 0. The van der Waals surface area contributed by atoms with Crippen LogP contribution in [0.25, 0.3) is 11.1 Å². The molecule has 2 heterocycles. The van der Waals surface area contributed by atoms with Crippen LogP contribution >= 0.6 is 0 Å². The molecule has 0 spiro atoms. The van der Waals surface area contributed by atoms with Crippen molar-refractivity contribution in [2.75, 3.05) is 13.1 Å². The van der Waals surface area contributed by atoms with E-state index in [2.05, 4.69) is 9.71 Å². The molecule has 0 bridgehead atoms. The van der Waals surface area contributed by atoms with Gasteiger partial charge in [-0.3, -0.25) is 9.78 Å². The number of aromatic amines is 1. The van der Waals surface area contributed by atoms with Gasteiger partial charge in [0.1, 0.15) is 6.04 Å². The lowest BCUT2D eigenvalue weighted by molar-refractivity contribution is -0.132. The molecule has 1 saturated heterocycles. The van der Waals surface area contributed by atoms with E-state index in [-0.39, 0.29) is 22.3 Å². The largest absolute Gasteiger partial charge is 0.417 e. The SMILES string of the molecule is CC(C)C[C@@H](NS(=O)(=O)c1ccc2[nH]c(=O)oc2c1)C(=O)N1CCCC1. The lowest BCUT2D eigenvalue weighted by atomic mass is 10.0. The number of aromatic nitrogens is 1. The molecule has 1 aliphatic heterocycles. The summed E-state index contributed by atoms with van der Waals surface area (Å²) in [6.07, 6.45) is 2.29. The molecule has 2 N–H and O–H groups in total. The van der Waals surface area contributed by atoms with Crippen LogP contribution in [0, 0.1) is 5.92 Å². The second-order valence-electron chi connectivity index (χ2n) is 7.01. The number of carbonyl (C=O) groups excluding carboxylic acids is 1. The number of hydrogen-bond acceptors (Lipinski definition) is 5. The number of benzene rings is 1. The second-order valence-corrected chi connectivity index (χ2v) is 8.72. The van der Waals surface area contributed by atoms with Gasteiger partial charge in [-0.05, 0) is 37.3 Å². The van der Waals surface area contributed by atoms with Crippen LogP contribution in [0.15, 0.2) is 32.3 Å². The highest BCUT2D eigenvalue weighted by Gasteiger charge is 2.31. The van der Waals surface area contributed by atoms with Gasteiger partial charge in [-0.1, -0.05) is 13.8 Å². The summed E-state index contributed by atoms with van der Waals surface area (Å²) in [5, 5.41) is 0. The second kappa shape index (κ2) is 7.24. The summed E-state index contributed by atoms with van der Waals surface area (Å²) in [4.78, 5) is 28.1. The lowest BCUT2D eigenvalue weighted by Gasteiger charge is -2.25. The number of likely N-dealkylation sites (tertiary alicyclic amines) is 1. The molecule has 142 valence electrons. The lowest BCUT2D eigenvalue weighted by Crippen LogP contribution is -2.48. The van der Waals surface area contributed by atoms with Gasteiger partial charge in [0.15, 0.2) is 5.58 Å². The molecule has 0 aliphatic carbocycles. The fourth-order valence-corrected chi connectivity index (χ4v) is 4.39. The topological polar surface area (TPSA) is 112 Å². The molecular weight excluding hydrogens is 358 g/mol. The summed E-state index contributed by atoms with van der Waals surface area (Å²) in [5.41, 5.74) is 0.574. The predicted octanol–water partition coefficient (Wildman–Crippen LogP) is 1.44. The molecule has 8 nitrogen and oxygen atoms in total. The maximum atomic E-state index is 12.8. The molecule has 3 rings (SSSR count). The minimum Gasteiger partial charge on any atom is -0.408 e. The van der Waals surface area contributed by atoms with E-state index in [1.54, 1.807) is 4.90 Å². The Morgan fingerprint density at radius 3 is 2.65 bits per heavy atom. The van der Waals surface area contributed by atoms with Crippen molar-refractivity contribution in [1.29, 1.82) is 0 Å². The predicted molar refractivity (Wildman–Crippen MR) is 96.2 cm³/mol. The van der Waals surface area contributed by atoms with E-state index in [9.17, 15) is 18.0 Å². The molecule has 1 aromatic heterocycles. The first kappa shape index (κ1) is 18.7. The van der Waals surface area contributed by atoms with Crippen molar-refractivity contribution in [2.24, 2.45) is 5.92 Å². The Hall–Kier alpha value is -2.13. The Labute approximate surface area is 151 Å². The smallest absolute Gasteiger partial charge is 0.408 e. The van der Waals surface area contributed by atoms with Crippen molar-refractivity contribution in [3.8, 4) is 0 Å². The van der Waals surface area contributed by atoms with Gasteiger partial charge >= 0.3 is 5.76 Å². The molecule has 0 saturated carbocycles. The number of hydrogen-bond donors (Lipinski definition) is 2. The first-order valence-electron chi connectivity index (χ1n) is 8.70. The Morgan fingerprint density at radius 1 is 1.31 bits per heavy atom. The highest BCUT2D eigenvalue weighted by Crippen LogP contribution is 2.19. The number of sulfonamides is 1. The Bertz CT molecular complexity index is 954. The van der Waals surface area contributed by atoms with Crippen LogP contribution in [0.2, 0.25) is 0 Å². The number of amides is 1. The zero-order valence-corrected chi connectivity index (χ0v) is 15.6. The molecule has 9 heteroatoms. The molecule has 26 heavy (non-hydrogen) atoms. The number of nitrogens with one attached hydrogen (secondary N) is 2. The van der Waals surface area contributed by atoms with E-state index in [0.29, 0.717) is 25.0 Å². The number of fused-ring (bicyclic) bond motifs is 1. The molecule has 1 amide bonds. The van der Waals surface area contributed by atoms with Crippen molar-refractivity contribution in [3.05, 3.63) is 28.7 Å². The van der Waals surface area contributed by atoms with E-state index in [0.717, 1.165) is 12.8 Å². The van der Waals surface area contributed by atoms with Crippen molar-refractivity contribution in [1.82, 2.24) is 14.6 Å². The minimum atomic E-state index is -3.94. The van der Waals surface area contributed by atoms with Crippen LogP contribution in [-0.2, 0) is 14.8 Å². The average molecular weight is 381 g/mol. The van der Waals surface area contributed by atoms with Crippen molar-refractivity contribution in [2.45, 2.75) is 44.0 Å². The number of oxazole rings is 1. The summed E-state index contributed by atoms with van der Waals surface area (Å²) in [5.74, 6) is -0.683. The first-order chi connectivity index (χ1) is 12.3. The van der Waals surface area contributed by atoms with Gasteiger partial charge in [0.2, 0.25) is 15.9 Å². The van der Waals surface area contributed by atoms with Gasteiger partial charge in [-0.25, -0.2) is 13.2 Å². The van der Waals surface area contributed by atoms with E-state index >= 15 is 0 Å². The molecule has 2 aromatic rings. The van der Waals surface area contributed by atoms with Gasteiger partial charge in [0.25, 0.3) is 0 Å². The fraction of sp³-hybridized carbons (Fsp3) is 0.529. The standard InChI is InChI=1S/C17H23N3O5S/c1-11(2)9-14(16(21)20-7-3-4-8-20)19-26(23,24)12-5-6-13-15(10-12)25-17(22)18-13/h5-6,10-11,14,19H,3-4,7-9H2,1-2H3,(H,18,22)/t14-/m1/s1. The summed E-state index contributed by atoms with van der Waals surface area (Å²) in [7, 11) is -3.94. The fourth-order valence-electron chi connectivity index (χ4n) is 3.18. The summed E-state index contributed by atoms with van der Waals surface area (Å²) < 4.78 is 33.0. The normalized spacial score (nSPS) is 16.5. The van der Waals surface area contributed by atoms with E-state index < -0.39 is 21.8 Å². The number of H-pyrrole nitrogens is 1. The van der Waals surface area contributed by atoms with Crippen molar-refractivity contribution in [3.63, 3.8) is 0 Å². The third-order valence-corrected chi connectivity index (χ3v) is 5.89. The number of carbonyl (C=O) groups is 1. The molecule has 1 fully saturated rings. The van der Waals surface area contributed by atoms with Gasteiger partial charge in [0, 0.05) is 19.2 Å². The van der Waals surface area contributed by atoms with Crippen molar-refractivity contribution >= 4 is 27.0 Å². The molecule has 0 unspecified atom stereocenters. The Balaban J connectivity index is 1.87. The zero-order valence-electron chi connectivity index (χ0n) is 14.8. The van der Waals surface area contributed by atoms with E-state index in [1.165, 1.54) is 18.2 Å². The van der Waals surface area contributed by atoms with Gasteiger partial charge in [0.05, 0.1) is 10.4 Å². The third kappa shape index (κ3) is 3.99. The molecule has 1 aliphatic rings. The summed E-state index contributed by atoms with van der Waals surface area (Å²) in [6.45, 7) is 5.21. The first-order valence-corrected chi connectivity index (χ1v) is 10.2. The van der Waals surface area contributed by atoms with Gasteiger partial charge < -0.3 is 9.32 Å². The Kier molecular flexibility index (Phi) is 5.19. The third-order valence-electron chi connectivity index (χ3n) is 4.42. The average Bonchev–Trinajstić information content (AvgIpc) is 3.20.